The van der Waals surface area contributed by atoms with Gasteiger partial charge in [0, 0.05) is 11.8 Å². The molecule has 0 radical (unpaired) electrons. The van der Waals surface area contributed by atoms with Crippen LogP contribution in [0.1, 0.15) is 19.7 Å². The van der Waals surface area contributed by atoms with E-state index in [-0.39, 0.29) is 23.3 Å². The van der Waals surface area contributed by atoms with E-state index in [9.17, 15) is 8.42 Å². The number of nitrogens with two attached hydrogens (primary N) is 1. The highest BCUT2D eigenvalue weighted by Crippen LogP contribution is 2.20. The monoisotopic (exact) mass is 268 g/mol. The summed E-state index contributed by atoms with van der Waals surface area (Å²) in [5.41, 5.74) is 7.33. The third-order valence-electron chi connectivity index (χ3n) is 2.39. The predicted molar refractivity (Wildman–Crippen MR) is 70.8 cm³/mol. The SMILES string of the molecule is CC(C)CS(=O)(=O)Cc1nc2ccc(N)cc2o1. The Morgan fingerprint density at radius 1 is 1.39 bits per heavy atom. The van der Waals surface area contributed by atoms with Crippen molar-refractivity contribution in [2.75, 3.05) is 11.5 Å². The first kappa shape index (κ1) is 12.9. The van der Waals surface area contributed by atoms with Gasteiger partial charge in [-0.15, -0.1) is 0 Å². The Hall–Kier alpha value is -1.56. The number of nitrogens with zero attached hydrogens (tertiary/aromatic N) is 1. The molecule has 0 aliphatic rings. The Morgan fingerprint density at radius 3 is 2.78 bits per heavy atom. The topological polar surface area (TPSA) is 86.2 Å². The second-order valence-corrected chi connectivity index (χ2v) is 6.89. The van der Waals surface area contributed by atoms with Gasteiger partial charge in [0.2, 0.25) is 5.89 Å². The summed E-state index contributed by atoms with van der Waals surface area (Å²) in [6.07, 6.45) is 0. The van der Waals surface area contributed by atoms with Gasteiger partial charge in [-0.3, -0.25) is 0 Å². The highest BCUT2D eigenvalue weighted by molar-refractivity contribution is 7.90. The molecule has 0 atom stereocenters. The van der Waals surface area contributed by atoms with Crippen molar-refractivity contribution in [3.8, 4) is 0 Å². The van der Waals surface area contributed by atoms with Gasteiger partial charge in [-0.1, -0.05) is 13.8 Å². The lowest BCUT2D eigenvalue weighted by atomic mass is 10.3. The number of rotatable bonds is 4. The predicted octanol–water partition coefficient (Wildman–Crippen LogP) is 1.98. The number of hydrogen-bond acceptors (Lipinski definition) is 5. The van der Waals surface area contributed by atoms with Gasteiger partial charge < -0.3 is 10.2 Å². The molecule has 0 bridgehead atoms. The van der Waals surface area contributed by atoms with E-state index < -0.39 is 9.84 Å². The Balaban J connectivity index is 2.27. The van der Waals surface area contributed by atoms with Crippen LogP contribution in [0.4, 0.5) is 5.69 Å². The Labute approximate surface area is 106 Å². The number of oxazole rings is 1. The number of nitrogen functional groups attached to an aromatic ring is 1. The Morgan fingerprint density at radius 2 is 2.11 bits per heavy atom. The van der Waals surface area contributed by atoms with Gasteiger partial charge in [0.05, 0.1) is 5.75 Å². The summed E-state index contributed by atoms with van der Waals surface area (Å²) >= 11 is 0. The summed E-state index contributed by atoms with van der Waals surface area (Å²) in [4.78, 5) is 4.14. The quantitative estimate of drug-likeness (QED) is 0.857. The smallest absolute Gasteiger partial charge is 0.210 e. The van der Waals surface area contributed by atoms with Crippen LogP contribution in [0.3, 0.4) is 0 Å². The van der Waals surface area contributed by atoms with Gasteiger partial charge in [-0.25, -0.2) is 13.4 Å². The first-order chi connectivity index (χ1) is 8.35. The normalized spacial score (nSPS) is 12.4. The minimum atomic E-state index is -3.18. The molecule has 0 aliphatic heterocycles. The van der Waals surface area contributed by atoms with Gasteiger partial charge in [0.1, 0.15) is 11.3 Å². The number of aromatic nitrogens is 1. The van der Waals surface area contributed by atoms with Crippen LogP contribution >= 0.6 is 0 Å². The van der Waals surface area contributed by atoms with Crippen molar-refractivity contribution in [3.05, 3.63) is 24.1 Å². The van der Waals surface area contributed by atoms with Gasteiger partial charge in [0.15, 0.2) is 15.4 Å². The van der Waals surface area contributed by atoms with Crippen LogP contribution in [0.5, 0.6) is 0 Å². The largest absolute Gasteiger partial charge is 0.440 e. The van der Waals surface area contributed by atoms with Crippen LogP contribution in [0.2, 0.25) is 0 Å². The van der Waals surface area contributed by atoms with E-state index >= 15 is 0 Å². The summed E-state index contributed by atoms with van der Waals surface area (Å²) < 4.78 is 29.1. The van der Waals surface area contributed by atoms with Gasteiger partial charge >= 0.3 is 0 Å². The zero-order valence-electron chi connectivity index (χ0n) is 10.4. The average molecular weight is 268 g/mol. The minimum absolute atomic E-state index is 0.0926. The molecule has 0 amide bonds. The summed E-state index contributed by atoms with van der Waals surface area (Å²) in [6.45, 7) is 3.73. The number of sulfone groups is 1. The summed E-state index contributed by atoms with van der Waals surface area (Å²) in [5, 5.41) is 0. The number of fused-ring (bicyclic) bond motifs is 1. The van der Waals surface area contributed by atoms with E-state index in [2.05, 4.69) is 4.98 Å². The summed E-state index contributed by atoms with van der Waals surface area (Å²) in [5.74, 6) is 0.277. The fraction of sp³-hybridized carbons (Fsp3) is 0.417. The van der Waals surface area contributed by atoms with Gasteiger partial charge in [-0.05, 0) is 18.1 Å². The maximum Gasteiger partial charge on any atom is 0.210 e. The molecular weight excluding hydrogens is 252 g/mol. The molecule has 18 heavy (non-hydrogen) atoms. The molecule has 1 aromatic heterocycles. The molecule has 6 heteroatoms. The molecule has 5 nitrogen and oxygen atoms in total. The molecule has 2 rings (SSSR count). The van der Waals surface area contributed by atoms with Crippen LogP contribution in [0.25, 0.3) is 11.1 Å². The average Bonchev–Trinajstić information content (AvgIpc) is 2.55. The zero-order valence-corrected chi connectivity index (χ0v) is 11.2. The van der Waals surface area contributed by atoms with E-state index in [1.165, 1.54) is 0 Å². The number of anilines is 1. The lowest BCUT2D eigenvalue weighted by Crippen LogP contribution is -2.13. The number of hydrogen-bond donors (Lipinski definition) is 1. The maximum atomic E-state index is 11.8. The van der Waals surface area contributed by atoms with E-state index in [1.807, 2.05) is 13.8 Å². The first-order valence-electron chi connectivity index (χ1n) is 5.71. The second kappa shape index (κ2) is 4.61. The van der Waals surface area contributed by atoms with E-state index in [0.717, 1.165) is 0 Å². The van der Waals surface area contributed by atoms with Gasteiger partial charge in [0.25, 0.3) is 0 Å². The zero-order chi connectivity index (χ0) is 13.3. The standard InChI is InChI=1S/C12H16N2O3S/c1-8(2)6-18(15,16)7-12-14-10-4-3-9(13)5-11(10)17-12/h3-5,8H,6-7,13H2,1-2H3. The third-order valence-corrected chi connectivity index (χ3v) is 4.25. The van der Waals surface area contributed by atoms with E-state index in [0.29, 0.717) is 16.8 Å². The van der Waals surface area contributed by atoms with Crippen molar-refractivity contribution in [2.24, 2.45) is 5.92 Å². The van der Waals surface area contributed by atoms with Crippen molar-refractivity contribution in [1.82, 2.24) is 4.98 Å². The molecule has 2 aromatic rings. The molecular formula is C12H16N2O3S. The molecule has 0 aliphatic carbocycles. The molecule has 0 saturated heterocycles. The number of benzene rings is 1. The van der Waals surface area contributed by atoms with E-state index in [1.54, 1.807) is 18.2 Å². The maximum absolute atomic E-state index is 11.8. The third kappa shape index (κ3) is 3.01. The van der Waals surface area contributed by atoms with Crippen molar-refractivity contribution in [2.45, 2.75) is 19.6 Å². The molecule has 2 N–H and O–H groups in total. The van der Waals surface area contributed by atoms with Crippen molar-refractivity contribution in [1.29, 1.82) is 0 Å². The molecule has 1 aromatic carbocycles. The molecule has 0 spiro atoms. The van der Waals surface area contributed by atoms with E-state index in [4.69, 9.17) is 10.2 Å². The summed E-state index contributed by atoms with van der Waals surface area (Å²) in [6, 6.07) is 5.06. The minimum Gasteiger partial charge on any atom is -0.440 e. The second-order valence-electron chi connectivity index (χ2n) is 4.78. The molecule has 0 saturated carbocycles. The van der Waals surface area contributed by atoms with Crippen LogP contribution < -0.4 is 5.73 Å². The molecule has 0 fully saturated rings. The van der Waals surface area contributed by atoms with Crippen LogP contribution in [0.15, 0.2) is 22.6 Å². The van der Waals surface area contributed by atoms with Gasteiger partial charge in [-0.2, -0.15) is 0 Å². The lowest BCUT2D eigenvalue weighted by molar-refractivity contribution is 0.536. The summed E-state index contributed by atoms with van der Waals surface area (Å²) in [7, 11) is -3.18. The highest BCUT2D eigenvalue weighted by atomic mass is 32.2. The lowest BCUT2D eigenvalue weighted by Gasteiger charge is -2.03. The van der Waals surface area contributed by atoms with Crippen LogP contribution in [0, 0.1) is 5.92 Å². The molecule has 98 valence electrons. The van der Waals surface area contributed by atoms with Crippen LogP contribution in [-0.4, -0.2) is 19.2 Å². The Kier molecular flexibility index (Phi) is 3.30. The highest BCUT2D eigenvalue weighted by Gasteiger charge is 2.18. The van der Waals surface area contributed by atoms with Crippen LogP contribution in [-0.2, 0) is 15.6 Å². The van der Waals surface area contributed by atoms with Crippen molar-refractivity contribution < 1.29 is 12.8 Å². The van der Waals surface area contributed by atoms with Crippen molar-refractivity contribution in [3.63, 3.8) is 0 Å². The molecule has 1 heterocycles. The fourth-order valence-corrected chi connectivity index (χ4v) is 3.44. The first-order valence-corrected chi connectivity index (χ1v) is 7.53. The van der Waals surface area contributed by atoms with Crippen molar-refractivity contribution >= 4 is 26.6 Å². The molecule has 0 unspecified atom stereocenters. The fourth-order valence-electron chi connectivity index (χ4n) is 1.81. The Bertz CT molecular complexity index is 659.